The molecule has 1 heterocycles. The van der Waals surface area contributed by atoms with Gasteiger partial charge in [-0.05, 0) is 42.5 Å². The Morgan fingerprint density at radius 3 is 2.45 bits per heavy atom. The second-order valence-electron chi connectivity index (χ2n) is 6.43. The van der Waals surface area contributed by atoms with E-state index in [0.717, 1.165) is 16.3 Å². The fourth-order valence-corrected chi connectivity index (χ4v) is 3.71. The zero-order valence-electron chi connectivity index (χ0n) is 16.5. The van der Waals surface area contributed by atoms with Gasteiger partial charge in [-0.25, -0.2) is 4.79 Å². The van der Waals surface area contributed by atoms with Crippen molar-refractivity contribution in [2.75, 3.05) is 31.4 Å². The van der Waals surface area contributed by atoms with Crippen molar-refractivity contribution in [2.45, 2.75) is 10.6 Å². The number of anilines is 2. The molecule has 2 aromatic carbocycles. The molecule has 0 unspecified atom stereocenters. The first kappa shape index (κ1) is 20.5. The molecule has 6 nitrogen and oxygen atoms in total. The molecule has 3 rings (SSSR count). The lowest BCUT2D eigenvalue weighted by molar-refractivity contribution is 0.0598. The minimum atomic E-state index is -0.443. The zero-order chi connectivity index (χ0) is 20.8. The Hall–Kier alpha value is -3.19. The molecule has 0 spiro atoms. The quantitative estimate of drug-likeness (QED) is 0.451. The van der Waals surface area contributed by atoms with Gasteiger partial charge in [0.2, 0.25) is 0 Å². The summed E-state index contributed by atoms with van der Waals surface area (Å²) in [5.74, 6) is 0.274. The first-order valence-corrected chi connectivity index (χ1v) is 9.93. The van der Waals surface area contributed by atoms with Gasteiger partial charge in [0.25, 0.3) is 5.91 Å². The highest BCUT2D eigenvalue weighted by molar-refractivity contribution is 7.98. The van der Waals surface area contributed by atoms with Crippen molar-refractivity contribution in [3.8, 4) is 0 Å². The Bertz CT molecular complexity index is 996. The standard InChI is InChI=1S/C22H22N2O4S/c1-24(2)16-10-8-15(9-11-16)23-21(25)18-6-4-5-7-20(18)29-14-19-17(12-13-28-19)22(26)27-3/h4-13H,14H2,1-3H3,(H,23,25). The van der Waals surface area contributed by atoms with Gasteiger partial charge in [0.1, 0.15) is 11.3 Å². The molecule has 150 valence electrons. The van der Waals surface area contributed by atoms with Crippen LogP contribution in [0.15, 0.2) is 70.2 Å². The summed E-state index contributed by atoms with van der Waals surface area (Å²) in [6, 6.07) is 16.5. The van der Waals surface area contributed by atoms with E-state index in [4.69, 9.17) is 9.15 Å². The Balaban J connectivity index is 1.72. The van der Waals surface area contributed by atoms with E-state index in [0.29, 0.717) is 22.6 Å². The van der Waals surface area contributed by atoms with Gasteiger partial charge >= 0.3 is 5.97 Å². The highest BCUT2D eigenvalue weighted by atomic mass is 32.2. The lowest BCUT2D eigenvalue weighted by atomic mass is 10.2. The number of hydrogen-bond acceptors (Lipinski definition) is 6. The lowest BCUT2D eigenvalue weighted by Gasteiger charge is -2.13. The molecule has 0 fully saturated rings. The van der Waals surface area contributed by atoms with Crippen LogP contribution in [0.25, 0.3) is 0 Å². The van der Waals surface area contributed by atoms with Crippen molar-refractivity contribution in [2.24, 2.45) is 0 Å². The molecule has 1 amide bonds. The number of carbonyl (C=O) groups excluding carboxylic acids is 2. The Kier molecular flexibility index (Phi) is 6.61. The number of rotatable bonds is 7. The predicted molar refractivity (Wildman–Crippen MR) is 115 cm³/mol. The first-order valence-electron chi connectivity index (χ1n) is 8.95. The van der Waals surface area contributed by atoms with Crippen LogP contribution >= 0.6 is 11.8 Å². The molecule has 1 aromatic heterocycles. The van der Waals surface area contributed by atoms with Crippen LogP contribution in [0.4, 0.5) is 11.4 Å². The topological polar surface area (TPSA) is 71.8 Å². The van der Waals surface area contributed by atoms with Crippen LogP contribution in [0.5, 0.6) is 0 Å². The average Bonchev–Trinajstić information content (AvgIpc) is 3.21. The van der Waals surface area contributed by atoms with Gasteiger partial charge < -0.3 is 19.4 Å². The van der Waals surface area contributed by atoms with Crippen LogP contribution in [0.2, 0.25) is 0 Å². The van der Waals surface area contributed by atoms with Crippen molar-refractivity contribution in [3.05, 3.63) is 77.7 Å². The van der Waals surface area contributed by atoms with Gasteiger partial charge in [-0.2, -0.15) is 0 Å². The van der Waals surface area contributed by atoms with Crippen molar-refractivity contribution in [1.82, 2.24) is 0 Å². The number of hydrogen-bond donors (Lipinski definition) is 1. The molecular formula is C22H22N2O4S. The number of benzene rings is 2. The number of amides is 1. The third kappa shape index (κ3) is 5.00. The second kappa shape index (κ2) is 9.34. The number of furan rings is 1. The molecule has 0 radical (unpaired) electrons. The molecular weight excluding hydrogens is 388 g/mol. The number of ether oxygens (including phenoxy) is 1. The molecule has 0 aliphatic carbocycles. The minimum Gasteiger partial charge on any atom is -0.468 e. The molecule has 1 N–H and O–H groups in total. The molecule has 3 aromatic rings. The van der Waals surface area contributed by atoms with Gasteiger partial charge in [0.15, 0.2) is 0 Å². The van der Waals surface area contributed by atoms with Crippen molar-refractivity contribution in [1.29, 1.82) is 0 Å². The van der Waals surface area contributed by atoms with Crippen LogP contribution in [0.3, 0.4) is 0 Å². The number of methoxy groups -OCH3 is 1. The summed E-state index contributed by atoms with van der Waals surface area (Å²) in [7, 11) is 5.26. The minimum absolute atomic E-state index is 0.196. The molecule has 0 atom stereocenters. The molecule has 29 heavy (non-hydrogen) atoms. The second-order valence-corrected chi connectivity index (χ2v) is 7.45. The van der Waals surface area contributed by atoms with E-state index in [2.05, 4.69) is 5.32 Å². The van der Waals surface area contributed by atoms with Crippen LogP contribution in [0.1, 0.15) is 26.5 Å². The Morgan fingerprint density at radius 1 is 1.03 bits per heavy atom. The van der Waals surface area contributed by atoms with Crippen molar-refractivity contribution in [3.63, 3.8) is 0 Å². The van der Waals surface area contributed by atoms with Gasteiger partial charge in [0, 0.05) is 30.4 Å². The van der Waals surface area contributed by atoms with Crippen LogP contribution in [-0.2, 0) is 10.5 Å². The van der Waals surface area contributed by atoms with E-state index in [1.807, 2.05) is 61.5 Å². The third-order valence-electron chi connectivity index (χ3n) is 4.28. The van der Waals surface area contributed by atoms with Crippen molar-refractivity contribution < 1.29 is 18.7 Å². The average molecular weight is 410 g/mol. The summed E-state index contributed by atoms with van der Waals surface area (Å²) in [5.41, 5.74) is 2.72. The summed E-state index contributed by atoms with van der Waals surface area (Å²) in [6.45, 7) is 0. The maximum absolute atomic E-state index is 12.8. The van der Waals surface area contributed by atoms with Crippen molar-refractivity contribution >= 4 is 35.0 Å². The van der Waals surface area contributed by atoms with Gasteiger partial charge in [-0.15, -0.1) is 11.8 Å². The van der Waals surface area contributed by atoms with E-state index < -0.39 is 5.97 Å². The number of thioether (sulfide) groups is 1. The largest absolute Gasteiger partial charge is 0.468 e. The fourth-order valence-electron chi connectivity index (χ4n) is 2.71. The van der Waals surface area contributed by atoms with E-state index in [9.17, 15) is 9.59 Å². The van der Waals surface area contributed by atoms with E-state index in [-0.39, 0.29) is 5.91 Å². The lowest BCUT2D eigenvalue weighted by Crippen LogP contribution is -2.13. The number of nitrogens with one attached hydrogen (secondary N) is 1. The van der Waals surface area contributed by atoms with E-state index >= 15 is 0 Å². The maximum atomic E-state index is 12.8. The van der Waals surface area contributed by atoms with E-state index in [1.54, 1.807) is 12.1 Å². The zero-order valence-corrected chi connectivity index (χ0v) is 17.3. The molecule has 0 bridgehead atoms. The summed E-state index contributed by atoms with van der Waals surface area (Å²) < 4.78 is 10.2. The summed E-state index contributed by atoms with van der Waals surface area (Å²) in [5, 5.41) is 2.93. The normalized spacial score (nSPS) is 10.4. The first-order chi connectivity index (χ1) is 14.0. The van der Waals surface area contributed by atoms with Gasteiger partial charge in [-0.3, -0.25) is 4.79 Å². The molecule has 0 aliphatic rings. The van der Waals surface area contributed by atoms with Crippen LogP contribution < -0.4 is 10.2 Å². The number of carbonyl (C=O) groups is 2. The highest BCUT2D eigenvalue weighted by Crippen LogP contribution is 2.29. The Morgan fingerprint density at radius 2 is 1.76 bits per heavy atom. The molecule has 0 saturated carbocycles. The molecule has 0 saturated heterocycles. The van der Waals surface area contributed by atoms with Crippen LogP contribution in [-0.4, -0.2) is 33.1 Å². The summed E-state index contributed by atoms with van der Waals surface area (Å²) >= 11 is 1.42. The maximum Gasteiger partial charge on any atom is 0.341 e. The predicted octanol–water partition coefficient (Wildman–Crippen LogP) is 4.68. The molecule has 7 heteroatoms. The van der Waals surface area contributed by atoms with E-state index in [1.165, 1.54) is 25.1 Å². The number of esters is 1. The molecule has 0 aliphatic heterocycles. The smallest absolute Gasteiger partial charge is 0.341 e. The van der Waals surface area contributed by atoms with Crippen LogP contribution in [0, 0.1) is 0 Å². The van der Waals surface area contributed by atoms with Gasteiger partial charge in [-0.1, -0.05) is 12.1 Å². The summed E-state index contributed by atoms with van der Waals surface area (Å²) in [6.07, 6.45) is 1.46. The fraction of sp³-hybridized carbons (Fsp3) is 0.182. The van der Waals surface area contributed by atoms with Gasteiger partial charge in [0.05, 0.1) is 24.7 Å². The monoisotopic (exact) mass is 410 g/mol. The number of nitrogens with zero attached hydrogens (tertiary/aromatic N) is 1. The third-order valence-corrected chi connectivity index (χ3v) is 5.36. The highest BCUT2D eigenvalue weighted by Gasteiger charge is 2.17. The Labute approximate surface area is 173 Å². The SMILES string of the molecule is COC(=O)c1ccoc1CSc1ccccc1C(=O)Nc1ccc(N(C)C)cc1. The summed E-state index contributed by atoms with van der Waals surface area (Å²) in [4.78, 5) is 27.4.